The summed E-state index contributed by atoms with van der Waals surface area (Å²) in [7, 11) is 1.72. The molecule has 1 saturated carbocycles. The van der Waals surface area contributed by atoms with E-state index in [1.807, 2.05) is 0 Å². The zero-order valence-electron chi connectivity index (χ0n) is 8.92. The second-order valence-electron chi connectivity index (χ2n) is 4.67. The van der Waals surface area contributed by atoms with E-state index in [0.717, 1.165) is 32.3 Å². The fourth-order valence-electron chi connectivity index (χ4n) is 2.68. The van der Waals surface area contributed by atoms with Crippen molar-refractivity contribution < 1.29 is 14.6 Å². The van der Waals surface area contributed by atoms with Crippen molar-refractivity contribution in [3.05, 3.63) is 0 Å². The third kappa shape index (κ3) is 1.47. The second-order valence-corrected chi connectivity index (χ2v) is 4.67. The average Bonchev–Trinajstić information content (AvgIpc) is 3.00. The third-order valence-electron chi connectivity index (χ3n) is 3.85. The summed E-state index contributed by atoms with van der Waals surface area (Å²) < 4.78 is 11.2. The minimum absolute atomic E-state index is 0.0173. The largest absolute Gasteiger partial charge is 0.396 e. The number of aliphatic hydroxyl groups excluding tert-OH is 1. The van der Waals surface area contributed by atoms with Crippen LogP contribution in [0.1, 0.15) is 32.1 Å². The molecule has 0 bridgehead atoms. The van der Waals surface area contributed by atoms with Crippen LogP contribution in [0.3, 0.4) is 0 Å². The van der Waals surface area contributed by atoms with E-state index in [1.165, 1.54) is 6.42 Å². The Morgan fingerprint density at radius 2 is 2.07 bits per heavy atom. The lowest BCUT2D eigenvalue weighted by molar-refractivity contribution is -0.167. The first-order valence-corrected chi connectivity index (χ1v) is 5.52. The van der Waals surface area contributed by atoms with Gasteiger partial charge in [0.15, 0.2) is 0 Å². The van der Waals surface area contributed by atoms with Crippen molar-refractivity contribution >= 4 is 0 Å². The van der Waals surface area contributed by atoms with E-state index < -0.39 is 0 Å². The Balaban J connectivity index is 2.12. The molecule has 0 aromatic carbocycles. The highest BCUT2D eigenvalue weighted by Gasteiger charge is 2.60. The fourth-order valence-corrected chi connectivity index (χ4v) is 2.68. The van der Waals surface area contributed by atoms with Gasteiger partial charge in [-0.25, -0.2) is 0 Å². The summed E-state index contributed by atoms with van der Waals surface area (Å²) in [5.41, 5.74) is -0.168. The van der Waals surface area contributed by atoms with Crippen LogP contribution in [0, 0.1) is 5.41 Å². The molecule has 2 fully saturated rings. The summed E-state index contributed by atoms with van der Waals surface area (Å²) >= 11 is 0. The van der Waals surface area contributed by atoms with Crippen molar-refractivity contribution in [2.24, 2.45) is 5.41 Å². The first-order chi connectivity index (χ1) is 6.79. The quantitative estimate of drug-likeness (QED) is 0.744. The Kier molecular flexibility index (Phi) is 2.82. The van der Waals surface area contributed by atoms with E-state index >= 15 is 0 Å². The van der Waals surface area contributed by atoms with Crippen molar-refractivity contribution in [1.82, 2.24) is 0 Å². The first kappa shape index (κ1) is 10.4. The molecule has 3 nitrogen and oxygen atoms in total. The molecule has 82 valence electrons. The highest BCUT2D eigenvalue weighted by Crippen LogP contribution is 2.58. The molecule has 0 radical (unpaired) electrons. The molecule has 1 N–H and O–H groups in total. The normalized spacial score (nSPS) is 35.6. The van der Waals surface area contributed by atoms with Gasteiger partial charge < -0.3 is 14.6 Å². The Morgan fingerprint density at radius 1 is 1.29 bits per heavy atom. The molecule has 2 aliphatic rings. The Labute approximate surface area is 85.4 Å². The fraction of sp³-hybridized carbons (Fsp3) is 1.00. The Morgan fingerprint density at radius 3 is 2.50 bits per heavy atom. The van der Waals surface area contributed by atoms with Crippen LogP contribution in [0.25, 0.3) is 0 Å². The maximum Gasteiger partial charge on any atom is 0.0992 e. The molecule has 2 rings (SSSR count). The number of rotatable bonds is 4. The summed E-state index contributed by atoms with van der Waals surface area (Å²) in [5.74, 6) is 0. The lowest BCUT2D eigenvalue weighted by Gasteiger charge is -2.43. The molecule has 1 heterocycles. The number of methoxy groups -OCH3 is 1. The van der Waals surface area contributed by atoms with E-state index in [2.05, 4.69) is 0 Å². The summed E-state index contributed by atoms with van der Waals surface area (Å²) in [5, 5.41) is 9.47. The standard InChI is InChI=1S/C11H20O3/c1-13-9-11(4-2-3-7-14-11)10(8-12)5-6-10/h12H,2-9H2,1H3. The van der Waals surface area contributed by atoms with Crippen LogP contribution in [-0.4, -0.2) is 37.6 Å². The second kappa shape index (κ2) is 3.80. The van der Waals surface area contributed by atoms with Crippen LogP contribution < -0.4 is 0 Å². The highest BCUT2D eigenvalue weighted by molar-refractivity contribution is 5.10. The van der Waals surface area contributed by atoms with Gasteiger partial charge in [-0.05, 0) is 32.1 Å². The molecule has 1 atom stereocenters. The van der Waals surface area contributed by atoms with Gasteiger partial charge in [0.2, 0.25) is 0 Å². The van der Waals surface area contributed by atoms with Crippen LogP contribution in [-0.2, 0) is 9.47 Å². The van der Waals surface area contributed by atoms with Gasteiger partial charge in [-0.15, -0.1) is 0 Å². The SMILES string of the molecule is COCC1(C2(CO)CC2)CCCCO1. The molecule has 3 heteroatoms. The lowest BCUT2D eigenvalue weighted by atomic mass is 9.79. The van der Waals surface area contributed by atoms with Crippen LogP contribution >= 0.6 is 0 Å². The van der Waals surface area contributed by atoms with Crippen LogP contribution in [0.4, 0.5) is 0 Å². The summed E-state index contributed by atoms with van der Waals surface area (Å²) in [6.45, 7) is 1.70. The van der Waals surface area contributed by atoms with Gasteiger partial charge in [0.1, 0.15) is 0 Å². The minimum atomic E-state index is -0.186. The van der Waals surface area contributed by atoms with E-state index in [1.54, 1.807) is 7.11 Å². The zero-order valence-corrected chi connectivity index (χ0v) is 8.92. The van der Waals surface area contributed by atoms with Crippen LogP contribution in [0.2, 0.25) is 0 Å². The Bertz CT molecular complexity index is 187. The van der Waals surface area contributed by atoms with E-state index in [9.17, 15) is 5.11 Å². The monoisotopic (exact) mass is 200 g/mol. The predicted molar refractivity (Wildman–Crippen MR) is 53.2 cm³/mol. The van der Waals surface area contributed by atoms with Crippen molar-refractivity contribution in [2.45, 2.75) is 37.7 Å². The van der Waals surface area contributed by atoms with Gasteiger partial charge in [-0.2, -0.15) is 0 Å². The minimum Gasteiger partial charge on any atom is -0.396 e. The summed E-state index contributed by atoms with van der Waals surface area (Å²) in [6, 6.07) is 0. The molecular formula is C11H20O3. The Hall–Kier alpha value is -0.120. The molecule has 1 aliphatic heterocycles. The van der Waals surface area contributed by atoms with E-state index in [0.29, 0.717) is 6.61 Å². The topological polar surface area (TPSA) is 38.7 Å². The van der Waals surface area contributed by atoms with Crippen molar-refractivity contribution in [3.8, 4) is 0 Å². The molecule has 0 amide bonds. The molecule has 1 unspecified atom stereocenters. The highest BCUT2D eigenvalue weighted by atomic mass is 16.5. The molecule has 0 aromatic rings. The van der Waals surface area contributed by atoms with Crippen LogP contribution in [0.5, 0.6) is 0 Å². The van der Waals surface area contributed by atoms with Crippen molar-refractivity contribution in [3.63, 3.8) is 0 Å². The molecular weight excluding hydrogens is 180 g/mol. The molecule has 1 aliphatic carbocycles. The summed E-state index contributed by atoms with van der Waals surface area (Å²) in [4.78, 5) is 0. The molecule has 1 saturated heterocycles. The summed E-state index contributed by atoms with van der Waals surface area (Å²) in [6.07, 6.45) is 5.57. The van der Waals surface area contributed by atoms with Gasteiger partial charge in [-0.3, -0.25) is 0 Å². The van der Waals surface area contributed by atoms with Gasteiger partial charge >= 0.3 is 0 Å². The molecule has 14 heavy (non-hydrogen) atoms. The van der Waals surface area contributed by atoms with Gasteiger partial charge in [-0.1, -0.05) is 0 Å². The number of hydrogen-bond donors (Lipinski definition) is 1. The molecule has 0 aromatic heterocycles. The van der Waals surface area contributed by atoms with E-state index in [4.69, 9.17) is 9.47 Å². The lowest BCUT2D eigenvalue weighted by Crippen LogP contribution is -2.50. The number of ether oxygens (including phenoxy) is 2. The predicted octanol–water partition coefficient (Wildman–Crippen LogP) is 1.34. The van der Waals surface area contributed by atoms with Crippen molar-refractivity contribution in [1.29, 1.82) is 0 Å². The van der Waals surface area contributed by atoms with Crippen molar-refractivity contribution in [2.75, 3.05) is 26.9 Å². The van der Waals surface area contributed by atoms with Gasteiger partial charge in [0.25, 0.3) is 0 Å². The smallest absolute Gasteiger partial charge is 0.0992 e. The number of hydrogen-bond acceptors (Lipinski definition) is 3. The van der Waals surface area contributed by atoms with E-state index in [-0.39, 0.29) is 17.6 Å². The maximum atomic E-state index is 9.47. The van der Waals surface area contributed by atoms with Gasteiger partial charge in [0.05, 0.1) is 18.8 Å². The first-order valence-electron chi connectivity index (χ1n) is 5.52. The average molecular weight is 200 g/mol. The molecule has 0 spiro atoms. The third-order valence-corrected chi connectivity index (χ3v) is 3.85. The number of aliphatic hydroxyl groups is 1. The van der Waals surface area contributed by atoms with Gasteiger partial charge in [0, 0.05) is 19.1 Å². The zero-order chi connectivity index (χ0) is 10.1. The van der Waals surface area contributed by atoms with Crippen LogP contribution in [0.15, 0.2) is 0 Å². The maximum absolute atomic E-state index is 9.47.